The lowest BCUT2D eigenvalue weighted by molar-refractivity contribution is 0.390. The molecule has 2 rings (SSSR count). The second kappa shape index (κ2) is 6.69. The van der Waals surface area contributed by atoms with Gasteiger partial charge in [-0.05, 0) is 62.5 Å². The van der Waals surface area contributed by atoms with Crippen LogP contribution in [0, 0.1) is 0 Å². The summed E-state index contributed by atoms with van der Waals surface area (Å²) in [6.45, 7) is 1.05. The fraction of sp³-hybridized carbons (Fsp3) is 0.312. The Hall–Kier alpha value is -1.38. The zero-order chi connectivity index (χ0) is 13.7. The predicted molar refractivity (Wildman–Crippen MR) is 80.7 cm³/mol. The SMILES string of the molecule is CN(C)CCC(c1ccncc1)c1ccc(Cl)cc1. The number of aromatic nitrogens is 1. The van der Waals surface area contributed by atoms with E-state index in [0.717, 1.165) is 18.0 Å². The van der Waals surface area contributed by atoms with E-state index in [2.05, 4.69) is 48.2 Å². The summed E-state index contributed by atoms with van der Waals surface area (Å²) >= 11 is 5.97. The third-order valence-corrected chi connectivity index (χ3v) is 3.50. The molecule has 0 bridgehead atoms. The molecule has 19 heavy (non-hydrogen) atoms. The fourth-order valence-electron chi connectivity index (χ4n) is 2.20. The van der Waals surface area contributed by atoms with Gasteiger partial charge in [-0.2, -0.15) is 0 Å². The van der Waals surface area contributed by atoms with Crippen molar-refractivity contribution in [3.63, 3.8) is 0 Å². The molecule has 100 valence electrons. The Morgan fingerprint density at radius 1 is 1.00 bits per heavy atom. The fourth-order valence-corrected chi connectivity index (χ4v) is 2.33. The Bertz CT molecular complexity index is 494. The summed E-state index contributed by atoms with van der Waals surface area (Å²) in [5.41, 5.74) is 2.61. The number of hydrogen-bond acceptors (Lipinski definition) is 2. The lowest BCUT2D eigenvalue weighted by Crippen LogP contribution is -2.16. The van der Waals surface area contributed by atoms with E-state index in [1.165, 1.54) is 11.1 Å². The zero-order valence-corrected chi connectivity index (χ0v) is 12.1. The molecule has 1 aromatic carbocycles. The number of hydrogen-bond donors (Lipinski definition) is 0. The number of halogens is 1. The second-order valence-electron chi connectivity index (χ2n) is 4.98. The van der Waals surface area contributed by atoms with Gasteiger partial charge in [-0.25, -0.2) is 0 Å². The van der Waals surface area contributed by atoms with Gasteiger partial charge in [0.15, 0.2) is 0 Å². The molecule has 0 radical (unpaired) electrons. The Balaban J connectivity index is 2.26. The summed E-state index contributed by atoms with van der Waals surface area (Å²) in [6, 6.07) is 12.3. The molecule has 0 saturated carbocycles. The van der Waals surface area contributed by atoms with E-state index in [-0.39, 0.29) is 0 Å². The van der Waals surface area contributed by atoms with Crippen molar-refractivity contribution in [3.8, 4) is 0 Å². The molecule has 2 aromatic rings. The van der Waals surface area contributed by atoms with E-state index in [1.807, 2.05) is 24.5 Å². The van der Waals surface area contributed by atoms with Crippen LogP contribution < -0.4 is 0 Å². The van der Waals surface area contributed by atoms with Gasteiger partial charge in [0, 0.05) is 23.3 Å². The number of nitrogens with zero attached hydrogens (tertiary/aromatic N) is 2. The normalized spacial score (nSPS) is 12.6. The van der Waals surface area contributed by atoms with Gasteiger partial charge in [-0.15, -0.1) is 0 Å². The quantitative estimate of drug-likeness (QED) is 0.824. The molecule has 3 heteroatoms. The van der Waals surface area contributed by atoms with Gasteiger partial charge in [-0.3, -0.25) is 4.98 Å². The molecule has 2 nitrogen and oxygen atoms in total. The summed E-state index contributed by atoms with van der Waals surface area (Å²) in [5, 5.41) is 0.782. The van der Waals surface area contributed by atoms with E-state index in [9.17, 15) is 0 Å². The van der Waals surface area contributed by atoms with E-state index in [4.69, 9.17) is 11.6 Å². The molecule has 0 amide bonds. The zero-order valence-electron chi connectivity index (χ0n) is 11.4. The minimum atomic E-state index is 0.391. The summed E-state index contributed by atoms with van der Waals surface area (Å²) in [6.07, 6.45) is 4.79. The maximum Gasteiger partial charge on any atom is 0.0406 e. The molecule has 0 fully saturated rings. The molecule has 1 aromatic heterocycles. The molecule has 0 N–H and O–H groups in total. The van der Waals surface area contributed by atoms with Crippen LogP contribution in [0.3, 0.4) is 0 Å². The van der Waals surface area contributed by atoms with E-state index >= 15 is 0 Å². The van der Waals surface area contributed by atoms with Gasteiger partial charge in [0.1, 0.15) is 0 Å². The molecule has 1 atom stereocenters. The number of rotatable bonds is 5. The lowest BCUT2D eigenvalue weighted by atomic mass is 9.89. The van der Waals surface area contributed by atoms with Gasteiger partial charge in [0.25, 0.3) is 0 Å². The van der Waals surface area contributed by atoms with Gasteiger partial charge < -0.3 is 4.90 Å². The monoisotopic (exact) mass is 274 g/mol. The molecule has 1 unspecified atom stereocenters. The van der Waals surface area contributed by atoms with Crippen molar-refractivity contribution < 1.29 is 0 Å². The van der Waals surface area contributed by atoms with Crippen LogP contribution in [0.2, 0.25) is 5.02 Å². The van der Waals surface area contributed by atoms with Crippen LogP contribution in [0.4, 0.5) is 0 Å². The number of benzene rings is 1. The van der Waals surface area contributed by atoms with E-state index in [1.54, 1.807) is 0 Å². The van der Waals surface area contributed by atoms with Crippen LogP contribution in [0.25, 0.3) is 0 Å². The predicted octanol–water partition coefficient (Wildman–Crippen LogP) is 3.82. The van der Waals surface area contributed by atoms with Crippen LogP contribution >= 0.6 is 11.6 Å². The second-order valence-corrected chi connectivity index (χ2v) is 5.41. The first kappa shape index (κ1) is 14.0. The highest BCUT2D eigenvalue weighted by molar-refractivity contribution is 6.30. The molecule has 0 aliphatic rings. The van der Waals surface area contributed by atoms with Crippen molar-refractivity contribution in [3.05, 3.63) is 64.9 Å². The lowest BCUT2D eigenvalue weighted by Gasteiger charge is -2.20. The Morgan fingerprint density at radius 2 is 1.58 bits per heavy atom. The Morgan fingerprint density at radius 3 is 2.16 bits per heavy atom. The van der Waals surface area contributed by atoms with Crippen molar-refractivity contribution in [1.29, 1.82) is 0 Å². The first-order valence-electron chi connectivity index (χ1n) is 6.47. The van der Waals surface area contributed by atoms with Crippen LogP contribution in [0.5, 0.6) is 0 Å². The van der Waals surface area contributed by atoms with Crippen molar-refractivity contribution in [2.24, 2.45) is 0 Å². The van der Waals surface area contributed by atoms with Crippen LogP contribution in [-0.2, 0) is 0 Å². The maximum atomic E-state index is 5.97. The number of pyridine rings is 1. The summed E-state index contributed by atoms with van der Waals surface area (Å²) in [7, 11) is 4.21. The molecule has 1 heterocycles. The van der Waals surface area contributed by atoms with Crippen molar-refractivity contribution in [2.45, 2.75) is 12.3 Å². The van der Waals surface area contributed by atoms with Gasteiger partial charge in [0.05, 0.1) is 0 Å². The average molecular weight is 275 g/mol. The summed E-state index contributed by atoms with van der Waals surface area (Å²) in [4.78, 5) is 6.31. The Labute approximate surface area is 120 Å². The van der Waals surface area contributed by atoms with Gasteiger partial charge in [0.2, 0.25) is 0 Å². The molecular formula is C16H19ClN2. The largest absolute Gasteiger partial charge is 0.309 e. The van der Waals surface area contributed by atoms with Crippen molar-refractivity contribution in [2.75, 3.05) is 20.6 Å². The topological polar surface area (TPSA) is 16.1 Å². The summed E-state index contributed by atoms with van der Waals surface area (Å²) in [5.74, 6) is 0.391. The molecule has 0 saturated heterocycles. The van der Waals surface area contributed by atoms with E-state index < -0.39 is 0 Å². The minimum Gasteiger partial charge on any atom is -0.309 e. The van der Waals surface area contributed by atoms with Gasteiger partial charge >= 0.3 is 0 Å². The maximum absolute atomic E-state index is 5.97. The highest BCUT2D eigenvalue weighted by Gasteiger charge is 2.14. The molecular weight excluding hydrogens is 256 g/mol. The van der Waals surface area contributed by atoms with Crippen LogP contribution in [0.1, 0.15) is 23.5 Å². The summed E-state index contributed by atoms with van der Waals surface area (Å²) < 4.78 is 0. The average Bonchev–Trinajstić information content (AvgIpc) is 2.42. The third kappa shape index (κ3) is 4.05. The smallest absolute Gasteiger partial charge is 0.0406 e. The first-order valence-corrected chi connectivity index (χ1v) is 6.84. The highest BCUT2D eigenvalue weighted by Crippen LogP contribution is 2.28. The standard InChI is InChI=1S/C16H19ClN2/c1-19(2)12-9-16(14-7-10-18-11-8-14)13-3-5-15(17)6-4-13/h3-8,10-11,16H,9,12H2,1-2H3. The van der Waals surface area contributed by atoms with Crippen LogP contribution in [0.15, 0.2) is 48.8 Å². The van der Waals surface area contributed by atoms with Gasteiger partial charge in [-0.1, -0.05) is 23.7 Å². The third-order valence-electron chi connectivity index (χ3n) is 3.25. The highest BCUT2D eigenvalue weighted by atomic mass is 35.5. The first-order chi connectivity index (χ1) is 9.16. The minimum absolute atomic E-state index is 0.391. The molecule has 0 aliphatic heterocycles. The molecule has 0 aliphatic carbocycles. The Kier molecular flexibility index (Phi) is 4.94. The van der Waals surface area contributed by atoms with Crippen molar-refractivity contribution in [1.82, 2.24) is 9.88 Å². The van der Waals surface area contributed by atoms with E-state index in [0.29, 0.717) is 5.92 Å². The molecule has 0 spiro atoms. The van der Waals surface area contributed by atoms with Crippen molar-refractivity contribution >= 4 is 11.6 Å². The van der Waals surface area contributed by atoms with Crippen LogP contribution in [-0.4, -0.2) is 30.5 Å².